The van der Waals surface area contributed by atoms with Crippen LogP contribution >= 0.6 is 23.2 Å². The number of anilines is 1. The summed E-state index contributed by atoms with van der Waals surface area (Å²) in [7, 11) is 0. The Hall–Kier alpha value is -1.66. The van der Waals surface area contributed by atoms with Crippen molar-refractivity contribution in [1.82, 2.24) is 4.98 Å². The van der Waals surface area contributed by atoms with E-state index in [9.17, 15) is 13.2 Å². The van der Waals surface area contributed by atoms with Crippen molar-refractivity contribution in [1.29, 1.82) is 0 Å². The summed E-state index contributed by atoms with van der Waals surface area (Å²) in [5.41, 5.74) is -0.173. The number of nitrogens with zero attached hydrogens (tertiary/aromatic N) is 2. The molecule has 3 rings (SSSR count). The molecule has 1 aliphatic heterocycles. The summed E-state index contributed by atoms with van der Waals surface area (Å²) in [5, 5.41) is 0.451. The molecule has 3 nitrogen and oxygen atoms in total. The smallest absolute Gasteiger partial charge is 0.433 e. The molecule has 0 saturated carbocycles. The Balaban J connectivity index is 1.88. The Bertz CT molecular complexity index is 723. The first kappa shape index (κ1) is 17.2. The molecule has 2 heterocycles. The van der Waals surface area contributed by atoms with Gasteiger partial charge in [-0.3, -0.25) is 0 Å². The van der Waals surface area contributed by atoms with Gasteiger partial charge in [-0.15, -0.1) is 0 Å². The van der Waals surface area contributed by atoms with E-state index in [1.54, 1.807) is 12.1 Å². The van der Waals surface area contributed by atoms with E-state index in [2.05, 4.69) is 9.88 Å². The number of benzene rings is 1. The van der Waals surface area contributed by atoms with E-state index in [0.29, 0.717) is 0 Å². The highest BCUT2D eigenvalue weighted by atomic mass is 35.5. The molecule has 0 bridgehead atoms. The van der Waals surface area contributed by atoms with Gasteiger partial charge >= 0.3 is 6.18 Å². The van der Waals surface area contributed by atoms with E-state index >= 15 is 0 Å². The Morgan fingerprint density at radius 2 is 1.67 bits per heavy atom. The highest BCUT2D eigenvalue weighted by molar-refractivity contribution is 6.37. The van der Waals surface area contributed by atoms with Crippen LogP contribution in [0.3, 0.4) is 0 Å². The van der Waals surface area contributed by atoms with Crippen molar-refractivity contribution in [2.45, 2.75) is 19.0 Å². The normalized spacial score (nSPS) is 15.0. The van der Waals surface area contributed by atoms with Crippen LogP contribution in [0.5, 0.6) is 11.6 Å². The van der Waals surface area contributed by atoms with E-state index in [4.69, 9.17) is 27.9 Å². The second-order valence-electron chi connectivity index (χ2n) is 5.39. The van der Waals surface area contributed by atoms with Crippen LogP contribution in [0, 0.1) is 0 Å². The Morgan fingerprint density at radius 1 is 1.04 bits per heavy atom. The lowest BCUT2D eigenvalue weighted by Crippen LogP contribution is -2.17. The lowest BCUT2D eigenvalue weighted by atomic mass is 10.2. The quantitative estimate of drug-likeness (QED) is 0.676. The van der Waals surface area contributed by atoms with Gasteiger partial charge in [0.2, 0.25) is 5.88 Å². The topological polar surface area (TPSA) is 25.4 Å². The number of alkyl halides is 3. The SMILES string of the molecule is FC(F)(F)c1cccc(Oc2c(Cl)cc(N3CCCC3)cc2Cl)n1. The molecule has 1 aromatic carbocycles. The fourth-order valence-corrected chi connectivity index (χ4v) is 3.09. The van der Waals surface area contributed by atoms with Gasteiger partial charge in [0, 0.05) is 24.8 Å². The predicted molar refractivity (Wildman–Crippen MR) is 87.2 cm³/mol. The van der Waals surface area contributed by atoms with Crippen molar-refractivity contribution in [2.24, 2.45) is 0 Å². The Labute approximate surface area is 147 Å². The molecule has 0 unspecified atom stereocenters. The number of ether oxygens (including phenoxy) is 1. The Kier molecular flexibility index (Phi) is 4.78. The zero-order valence-corrected chi connectivity index (χ0v) is 13.9. The van der Waals surface area contributed by atoms with Crippen molar-refractivity contribution in [3.8, 4) is 11.6 Å². The molecule has 1 saturated heterocycles. The molecule has 0 spiro atoms. The Morgan fingerprint density at radius 3 is 2.25 bits per heavy atom. The summed E-state index contributed by atoms with van der Waals surface area (Å²) < 4.78 is 43.5. The summed E-state index contributed by atoms with van der Waals surface area (Å²) in [5.74, 6) is -0.129. The fourth-order valence-electron chi connectivity index (χ4n) is 2.54. The molecule has 0 N–H and O–H groups in total. The molecule has 2 aromatic rings. The van der Waals surface area contributed by atoms with E-state index in [0.717, 1.165) is 37.7 Å². The van der Waals surface area contributed by atoms with Crippen molar-refractivity contribution in [3.63, 3.8) is 0 Å². The van der Waals surface area contributed by atoms with Gasteiger partial charge in [-0.1, -0.05) is 29.3 Å². The van der Waals surface area contributed by atoms with E-state index in [1.165, 1.54) is 12.1 Å². The highest BCUT2D eigenvalue weighted by Gasteiger charge is 2.32. The van der Waals surface area contributed by atoms with Gasteiger partial charge < -0.3 is 9.64 Å². The van der Waals surface area contributed by atoms with Gasteiger partial charge in [-0.05, 0) is 31.0 Å². The maximum atomic E-state index is 12.7. The maximum absolute atomic E-state index is 12.7. The van der Waals surface area contributed by atoms with E-state index < -0.39 is 11.9 Å². The number of pyridine rings is 1. The lowest BCUT2D eigenvalue weighted by Gasteiger charge is -2.19. The minimum Gasteiger partial charge on any atom is -0.436 e. The molecular formula is C16H13Cl2F3N2O. The highest BCUT2D eigenvalue weighted by Crippen LogP contribution is 2.40. The molecule has 8 heteroatoms. The van der Waals surface area contributed by atoms with Crippen molar-refractivity contribution in [2.75, 3.05) is 18.0 Å². The fraction of sp³-hybridized carbons (Fsp3) is 0.312. The first-order valence-corrected chi connectivity index (χ1v) is 8.06. The number of halogens is 5. The molecular weight excluding hydrogens is 364 g/mol. The number of rotatable bonds is 3. The third-order valence-electron chi connectivity index (χ3n) is 3.67. The summed E-state index contributed by atoms with van der Waals surface area (Å²) in [6.07, 6.45) is -2.35. The van der Waals surface area contributed by atoms with Gasteiger partial charge in [0.25, 0.3) is 0 Å². The predicted octanol–water partition coefficient (Wildman–Crippen LogP) is 5.80. The molecule has 1 aromatic heterocycles. The van der Waals surface area contributed by atoms with Crippen LogP contribution in [0.1, 0.15) is 18.5 Å². The number of hydrogen-bond donors (Lipinski definition) is 0. The van der Waals surface area contributed by atoms with Crippen LogP contribution < -0.4 is 9.64 Å². The average Bonchev–Trinajstić information content (AvgIpc) is 3.04. The first-order chi connectivity index (χ1) is 11.3. The standard InChI is InChI=1S/C16H13Cl2F3N2O/c17-11-8-10(23-6-1-2-7-23)9-12(18)15(11)24-14-5-3-4-13(22-14)16(19,20)21/h3-5,8-9H,1-2,6-7H2. The summed E-state index contributed by atoms with van der Waals surface area (Å²) in [6.45, 7) is 1.84. The molecule has 0 atom stereocenters. The second-order valence-corrected chi connectivity index (χ2v) is 6.21. The lowest BCUT2D eigenvalue weighted by molar-refractivity contribution is -0.141. The van der Waals surface area contributed by atoms with Gasteiger partial charge in [-0.2, -0.15) is 13.2 Å². The monoisotopic (exact) mass is 376 g/mol. The van der Waals surface area contributed by atoms with E-state index in [1.807, 2.05) is 0 Å². The van der Waals surface area contributed by atoms with Crippen molar-refractivity contribution >= 4 is 28.9 Å². The third-order valence-corrected chi connectivity index (χ3v) is 4.24. The van der Waals surface area contributed by atoms with E-state index in [-0.39, 0.29) is 21.7 Å². The molecule has 128 valence electrons. The zero-order valence-electron chi connectivity index (χ0n) is 12.4. The summed E-state index contributed by atoms with van der Waals surface area (Å²) in [6, 6.07) is 6.79. The average molecular weight is 377 g/mol. The second kappa shape index (κ2) is 6.69. The largest absolute Gasteiger partial charge is 0.436 e. The molecule has 1 aliphatic rings. The summed E-state index contributed by atoms with van der Waals surface area (Å²) in [4.78, 5) is 5.59. The zero-order chi connectivity index (χ0) is 17.3. The number of aromatic nitrogens is 1. The van der Waals surface area contributed by atoms with Crippen LogP contribution in [-0.4, -0.2) is 18.1 Å². The maximum Gasteiger partial charge on any atom is 0.433 e. The van der Waals surface area contributed by atoms with Crippen LogP contribution in [0.4, 0.5) is 18.9 Å². The van der Waals surface area contributed by atoms with Crippen LogP contribution in [0.25, 0.3) is 0 Å². The van der Waals surface area contributed by atoms with Crippen molar-refractivity contribution in [3.05, 3.63) is 46.1 Å². The molecule has 24 heavy (non-hydrogen) atoms. The van der Waals surface area contributed by atoms with Gasteiger partial charge in [0.05, 0.1) is 10.0 Å². The van der Waals surface area contributed by atoms with Crippen LogP contribution in [-0.2, 0) is 6.18 Å². The van der Waals surface area contributed by atoms with Crippen molar-refractivity contribution < 1.29 is 17.9 Å². The van der Waals surface area contributed by atoms with Gasteiger partial charge in [-0.25, -0.2) is 4.98 Å². The number of hydrogen-bond acceptors (Lipinski definition) is 3. The minimum atomic E-state index is -4.55. The van der Waals surface area contributed by atoms with Crippen LogP contribution in [0.15, 0.2) is 30.3 Å². The summed E-state index contributed by atoms with van der Waals surface area (Å²) >= 11 is 12.4. The van der Waals surface area contributed by atoms with Crippen LogP contribution in [0.2, 0.25) is 10.0 Å². The molecule has 0 amide bonds. The third kappa shape index (κ3) is 3.70. The van der Waals surface area contributed by atoms with Gasteiger partial charge in [0.1, 0.15) is 5.69 Å². The molecule has 0 aliphatic carbocycles. The van der Waals surface area contributed by atoms with Gasteiger partial charge in [0.15, 0.2) is 5.75 Å². The minimum absolute atomic E-state index is 0.0908. The molecule has 1 fully saturated rings. The first-order valence-electron chi connectivity index (χ1n) is 7.31. The molecule has 0 radical (unpaired) electrons.